The van der Waals surface area contributed by atoms with E-state index >= 15 is 0 Å². The van der Waals surface area contributed by atoms with Crippen molar-refractivity contribution < 1.29 is 0 Å². The highest BCUT2D eigenvalue weighted by Crippen LogP contribution is 2.66. The molecule has 0 aliphatic heterocycles. The first kappa shape index (κ1) is 16.8. The van der Waals surface area contributed by atoms with E-state index in [1.807, 2.05) is 0 Å². The summed E-state index contributed by atoms with van der Waals surface area (Å²) in [5.41, 5.74) is 0. The van der Waals surface area contributed by atoms with Gasteiger partial charge in [0.2, 0.25) is 0 Å². The van der Waals surface area contributed by atoms with Crippen molar-refractivity contribution in [2.75, 3.05) is 0 Å². The van der Waals surface area contributed by atoms with Crippen LogP contribution in [0.5, 0.6) is 0 Å². The Morgan fingerprint density at radius 2 is 1.41 bits per heavy atom. The summed E-state index contributed by atoms with van der Waals surface area (Å²) in [6, 6.07) is 0. The minimum absolute atomic E-state index is 1.04. The molecule has 0 radical (unpaired) electrons. The molecule has 0 bridgehead atoms. The topological polar surface area (TPSA) is 0 Å². The van der Waals surface area contributed by atoms with Crippen molar-refractivity contribution in [1.29, 1.82) is 0 Å². The molecule has 128 valence electrons. The van der Waals surface area contributed by atoms with Crippen molar-refractivity contribution in [2.45, 2.75) is 104 Å². The average molecular weight is 305 g/mol. The Morgan fingerprint density at radius 3 is 2.00 bits per heavy atom. The number of hydrogen-bond acceptors (Lipinski definition) is 0. The van der Waals surface area contributed by atoms with E-state index < -0.39 is 0 Å². The van der Waals surface area contributed by atoms with E-state index in [2.05, 4.69) is 13.8 Å². The molecule has 3 unspecified atom stereocenters. The summed E-state index contributed by atoms with van der Waals surface area (Å²) in [5.74, 6) is 6.95. The standard InChI is InChI=1S/C22H40/c1-3-5-8-17(7-4-2)9-6-10-18-11-13-19(14-12-18)22-20-15-16-21(20)22/h17-22H,3-16H2,1-2H3. The Balaban J connectivity index is 1.27. The van der Waals surface area contributed by atoms with Gasteiger partial charge in [0.15, 0.2) is 0 Å². The fourth-order valence-electron chi connectivity index (χ4n) is 6.00. The molecule has 3 aliphatic rings. The molecule has 0 saturated heterocycles. The second-order valence-electron chi connectivity index (χ2n) is 8.99. The van der Waals surface area contributed by atoms with Crippen molar-refractivity contribution in [3.63, 3.8) is 0 Å². The predicted molar refractivity (Wildman–Crippen MR) is 96.9 cm³/mol. The Morgan fingerprint density at radius 1 is 0.727 bits per heavy atom. The van der Waals surface area contributed by atoms with E-state index in [9.17, 15) is 0 Å². The van der Waals surface area contributed by atoms with Crippen molar-refractivity contribution in [3.05, 3.63) is 0 Å². The number of fused-ring (bicyclic) bond motifs is 1. The lowest BCUT2D eigenvalue weighted by Gasteiger charge is -2.29. The van der Waals surface area contributed by atoms with Crippen LogP contribution < -0.4 is 0 Å². The third kappa shape index (κ3) is 4.09. The van der Waals surface area contributed by atoms with Crippen LogP contribution in [-0.4, -0.2) is 0 Å². The van der Waals surface area contributed by atoms with E-state index in [1.165, 1.54) is 62.7 Å². The van der Waals surface area contributed by atoms with Gasteiger partial charge in [-0.25, -0.2) is 0 Å². The van der Waals surface area contributed by atoms with Crippen molar-refractivity contribution in [2.24, 2.45) is 35.5 Å². The molecule has 0 aromatic carbocycles. The molecule has 0 spiro atoms. The average Bonchev–Trinajstić information content (AvgIpc) is 3.05. The molecule has 3 rings (SSSR count). The Kier molecular flexibility index (Phi) is 6.28. The molecule has 0 aromatic rings. The summed E-state index contributed by atoms with van der Waals surface area (Å²) < 4.78 is 0. The Bertz CT molecular complexity index is 302. The van der Waals surface area contributed by atoms with Gasteiger partial charge >= 0.3 is 0 Å². The summed E-state index contributed by atoms with van der Waals surface area (Å²) in [4.78, 5) is 0. The summed E-state index contributed by atoms with van der Waals surface area (Å²) in [6.45, 7) is 4.71. The van der Waals surface area contributed by atoms with Gasteiger partial charge in [-0.15, -0.1) is 0 Å². The highest BCUT2D eigenvalue weighted by Gasteiger charge is 2.58. The molecule has 0 nitrogen and oxygen atoms in total. The van der Waals surface area contributed by atoms with E-state index in [1.54, 1.807) is 44.9 Å². The summed E-state index contributed by atoms with van der Waals surface area (Å²) >= 11 is 0. The first-order chi connectivity index (χ1) is 10.8. The highest BCUT2D eigenvalue weighted by atomic mass is 14.6. The number of unbranched alkanes of at least 4 members (excludes halogenated alkanes) is 1. The van der Waals surface area contributed by atoms with Crippen LogP contribution in [0.2, 0.25) is 0 Å². The van der Waals surface area contributed by atoms with Crippen LogP contribution in [0, 0.1) is 35.5 Å². The fraction of sp³-hybridized carbons (Fsp3) is 1.00. The molecular weight excluding hydrogens is 264 g/mol. The molecule has 0 heteroatoms. The van der Waals surface area contributed by atoms with Crippen LogP contribution in [0.4, 0.5) is 0 Å². The highest BCUT2D eigenvalue weighted by molar-refractivity contribution is 5.07. The summed E-state index contributed by atoms with van der Waals surface area (Å²) in [6.07, 6.45) is 21.3. The maximum Gasteiger partial charge on any atom is -0.0323 e. The molecular formula is C22H40. The molecule has 3 saturated carbocycles. The number of rotatable bonds is 10. The zero-order valence-corrected chi connectivity index (χ0v) is 15.4. The second kappa shape index (κ2) is 8.20. The van der Waals surface area contributed by atoms with Gasteiger partial charge in [0.05, 0.1) is 0 Å². The molecule has 0 amide bonds. The van der Waals surface area contributed by atoms with Crippen LogP contribution in [-0.2, 0) is 0 Å². The van der Waals surface area contributed by atoms with Gasteiger partial charge in [0.25, 0.3) is 0 Å². The normalized spacial score (nSPS) is 38.2. The smallest absolute Gasteiger partial charge is 0.0323 e. The lowest BCUT2D eigenvalue weighted by molar-refractivity contribution is 0.228. The first-order valence-corrected chi connectivity index (χ1v) is 10.8. The summed E-state index contributed by atoms with van der Waals surface area (Å²) in [5, 5.41) is 0. The van der Waals surface area contributed by atoms with Crippen LogP contribution in [0.3, 0.4) is 0 Å². The lowest BCUT2D eigenvalue weighted by Crippen LogP contribution is -2.17. The minimum Gasteiger partial charge on any atom is -0.0654 e. The molecule has 22 heavy (non-hydrogen) atoms. The van der Waals surface area contributed by atoms with Gasteiger partial charge in [0.1, 0.15) is 0 Å². The van der Waals surface area contributed by atoms with Gasteiger partial charge in [-0.1, -0.05) is 78.1 Å². The van der Waals surface area contributed by atoms with Gasteiger partial charge in [-0.3, -0.25) is 0 Å². The largest absolute Gasteiger partial charge is 0.0654 e. The van der Waals surface area contributed by atoms with Gasteiger partial charge in [-0.2, -0.15) is 0 Å². The SMILES string of the molecule is CCCCC(CCC)CCCC1CCC(C2C3CCC32)CC1. The maximum atomic E-state index is 2.37. The molecule has 3 aliphatic carbocycles. The van der Waals surface area contributed by atoms with Gasteiger partial charge in [0, 0.05) is 0 Å². The third-order valence-corrected chi connectivity index (χ3v) is 7.55. The van der Waals surface area contributed by atoms with Crippen LogP contribution in [0.1, 0.15) is 104 Å². The molecule has 3 atom stereocenters. The molecule has 3 fully saturated rings. The Hall–Kier alpha value is 0. The second-order valence-corrected chi connectivity index (χ2v) is 8.99. The van der Waals surface area contributed by atoms with Crippen LogP contribution in [0.15, 0.2) is 0 Å². The zero-order valence-electron chi connectivity index (χ0n) is 15.4. The quantitative estimate of drug-likeness (QED) is 0.399. The Labute approximate surface area is 139 Å². The third-order valence-electron chi connectivity index (χ3n) is 7.55. The van der Waals surface area contributed by atoms with E-state index in [0.29, 0.717) is 0 Å². The van der Waals surface area contributed by atoms with Crippen molar-refractivity contribution in [3.8, 4) is 0 Å². The van der Waals surface area contributed by atoms with Gasteiger partial charge in [-0.05, 0) is 61.2 Å². The van der Waals surface area contributed by atoms with Gasteiger partial charge < -0.3 is 0 Å². The predicted octanol–water partition coefficient (Wildman–Crippen LogP) is 7.23. The summed E-state index contributed by atoms with van der Waals surface area (Å²) in [7, 11) is 0. The first-order valence-electron chi connectivity index (χ1n) is 10.8. The number of hydrogen-bond donors (Lipinski definition) is 0. The minimum atomic E-state index is 1.04. The van der Waals surface area contributed by atoms with E-state index in [0.717, 1.165) is 17.8 Å². The monoisotopic (exact) mass is 304 g/mol. The zero-order chi connectivity index (χ0) is 15.4. The lowest BCUT2D eigenvalue weighted by atomic mass is 9.77. The molecule has 0 N–H and O–H groups in total. The maximum absolute atomic E-state index is 2.37. The van der Waals surface area contributed by atoms with Crippen LogP contribution >= 0.6 is 0 Å². The molecule has 0 heterocycles. The van der Waals surface area contributed by atoms with E-state index in [-0.39, 0.29) is 0 Å². The fourth-order valence-corrected chi connectivity index (χ4v) is 6.00. The van der Waals surface area contributed by atoms with Crippen LogP contribution in [0.25, 0.3) is 0 Å². The van der Waals surface area contributed by atoms with Crippen molar-refractivity contribution in [1.82, 2.24) is 0 Å². The van der Waals surface area contributed by atoms with Crippen molar-refractivity contribution >= 4 is 0 Å². The molecule has 0 aromatic heterocycles. The van der Waals surface area contributed by atoms with E-state index in [4.69, 9.17) is 0 Å².